The molecule has 0 aliphatic carbocycles. The Bertz CT molecular complexity index is 381. The van der Waals surface area contributed by atoms with Crippen molar-refractivity contribution in [1.82, 2.24) is 9.80 Å². The van der Waals surface area contributed by atoms with E-state index in [0.29, 0.717) is 32.7 Å². The van der Waals surface area contributed by atoms with E-state index in [1.807, 2.05) is 20.8 Å². The molecule has 0 radical (unpaired) electrons. The summed E-state index contributed by atoms with van der Waals surface area (Å²) in [6, 6.07) is 0.0214. The fourth-order valence-electron chi connectivity index (χ4n) is 2.29. The molecule has 0 aromatic heterocycles. The predicted molar refractivity (Wildman–Crippen MR) is 80.6 cm³/mol. The first kappa shape index (κ1) is 17.7. The Balaban J connectivity index is 2.60. The number of nitrogens with zero attached hydrogens (tertiary/aromatic N) is 2. The maximum atomic E-state index is 12.1. The first-order chi connectivity index (χ1) is 9.64. The lowest BCUT2D eigenvalue weighted by molar-refractivity contribution is -0.122. The van der Waals surface area contributed by atoms with Crippen molar-refractivity contribution in [2.24, 2.45) is 17.4 Å². The molecule has 1 aliphatic heterocycles. The lowest BCUT2D eigenvalue weighted by atomic mass is 10.1. The number of rotatable bonds is 4. The average Bonchev–Trinajstić information content (AvgIpc) is 2.36. The fraction of sp³-hybridized carbons (Fsp3) is 0.857. The Labute approximate surface area is 126 Å². The van der Waals surface area contributed by atoms with Crippen LogP contribution in [0.2, 0.25) is 0 Å². The van der Waals surface area contributed by atoms with Crippen LogP contribution in [-0.4, -0.2) is 66.2 Å². The topological polar surface area (TPSA) is 102 Å². The molecule has 1 rings (SSSR count). The van der Waals surface area contributed by atoms with Crippen LogP contribution in [0.4, 0.5) is 4.79 Å². The summed E-state index contributed by atoms with van der Waals surface area (Å²) in [6.07, 6.45) is -0.316. The summed E-state index contributed by atoms with van der Waals surface area (Å²) in [7, 11) is 0. The molecule has 7 heteroatoms. The molecular formula is C14H28N4O3. The molecule has 0 spiro atoms. The molecule has 4 N–H and O–H groups in total. The van der Waals surface area contributed by atoms with Crippen molar-refractivity contribution < 1.29 is 14.3 Å². The molecule has 2 atom stereocenters. The molecule has 1 aliphatic rings. The number of hydrogen-bond donors (Lipinski definition) is 2. The molecular weight excluding hydrogens is 272 g/mol. The summed E-state index contributed by atoms with van der Waals surface area (Å²) in [6.45, 7) is 10.1. The number of primary amides is 1. The summed E-state index contributed by atoms with van der Waals surface area (Å²) in [4.78, 5) is 27.1. The van der Waals surface area contributed by atoms with E-state index in [1.165, 1.54) is 0 Å². The molecule has 2 unspecified atom stereocenters. The van der Waals surface area contributed by atoms with E-state index < -0.39 is 5.60 Å². The molecule has 7 nitrogen and oxygen atoms in total. The summed E-state index contributed by atoms with van der Waals surface area (Å²) in [5, 5.41) is 0. The zero-order valence-corrected chi connectivity index (χ0v) is 13.5. The quantitative estimate of drug-likeness (QED) is 0.760. The molecule has 1 heterocycles. The zero-order chi connectivity index (χ0) is 16.2. The molecule has 0 saturated carbocycles. The van der Waals surface area contributed by atoms with Gasteiger partial charge in [-0.2, -0.15) is 0 Å². The van der Waals surface area contributed by atoms with Gasteiger partial charge in [0.05, 0.1) is 0 Å². The van der Waals surface area contributed by atoms with Crippen molar-refractivity contribution in [1.29, 1.82) is 0 Å². The van der Waals surface area contributed by atoms with Gasteiger partial charge in [0.15, 0.2) is 0 Å². The van der Waals surface area contributed by atoms with Gasteiger partial charge >= 0.3 is 6.09 Å². The third-order valence-corrected chi connectivity index (χ3v) is 3.52. The molecule has 122 valence electrons. The van der Waals surface area contributed by atoms with E-state index in [1.54, 1.807) is 11.8 Å². The van der Waals surface area contributed by atoms with Gasteiger partial charge in [0.1, 0.15) is 5.60 Å². The summed E-state index contributed by atoms with van der Waals surface area (Å²) in [5.74, 6) is -0.549. The third-order valence-electron chi connectivity index (χ3n) is 3.52. The number of carbonyl (C=O) groups excluding carboxylic acids is 2. The monoisotopic (exact) mass is 300 g/mol. The van der Waals surface area contributed by atoms with Gasteiger partial charge in [-0.15, -0.1) is 0 Å². The molecule has 0 aromatic carbocycles. The molecule has 0 aromatic rings. The second kappa shape index (κ2) is 7.09. The van der Waals surface area contributed by atoms with Gasteiger partial charge in [-0.25, -0.2) is 4.79 Å². The summed E-state index contributed by atoms with van der Waals surface area (Å²) < 4.78 is 5.38. The normalized spacial score (nSPS) is 22.0. The van der Waals surface area contributed by atoms with Crippen molar-refractivity contribution in [3.05, 3.63) is 0 Å². The molecule has 1 saturated heterocycles. The van der Waals surface area contributed by atoms with Crippen LogP contribution in [-0.2, 0) is 9.53 Å². The van der Waals surface area contributed by atoms with Gasteiger partial charge < -0.3 is 21.1 Å². The first-order valence-corrected chi connectivity index (χ1v) is 7.35. The second-order valence-corrected chi connectivity index (χ2v) is 6.61. The van der Waals surface area contributed by atoms with E-state index in [2.05, 4.69) is 4.90 Å². The maximum Gasteiger partial charge on any atom is 0.410 e. The summed E-state index contributed by atoms with van der Waals surface area (Å²) >= 11 is 0. The fourth-order valence-corrected chi connectivity index (χ4v) is 2.29. The minimum atomic E-state index is -0.507. The van der Waals surface area contributed by atoms with Gasteiger partial charge in [-0.1, -0.05) is 6.92 Å². The second-order valence-electron chi connectivity index (χ2n) is 6.61. The Morgan fingerprint density at radius 2 is 1.95 bits per heavy atom. The van der Waals surface area contributed by atoms with Crippen molar-refractivity contribution >= 4 is 12.0 Å². The number of amides is 2. The average molecular weight is 300 g/mol. The highest BCUT2D eigenvalue weighted by Gasteiger charge is 2.32. The Kier molecular flexibility index (Phi) is 5.98. The molecule has 0 bridgehead atoms. The van der Waals surface area contributed by atoms with Crippen molar-refractivity contribution in [3.8, 4) is 0 Å². The van der Waals surface area contributed by atoms with Crippen LogP contribution in [0.15, 0.2) is 0 Å². The van der Waals surface area contributed by atoms with Crippen LogP contribution in [0.1, 0.15) is 27.7 Å². The SMILES string of the molecule is CC(CN1CCN(C(=O)OC(C)(C)C)CC1CN)C(N)=O. The molecule has 21 heavy (non-hydrogen) atoms. The van der Waals surface area contributed by atoms with E-state index in [9.17, 15) is 9.59 Å². The van der Waals surface area contributed by atoms with Crippen LogP contribution in [0.5, 0.6) is 0 Å². The van der Waals surface area contributed by atoms with E-state index in [0.717, 1.165) is 0 Å². The maximum absolute atomic E-state index is 12.1. The van der Waals surface area contributed by atoms with Gasteiger partial charge in [0, 0.05) is 44.7 Å². The number of hydrogen-bond acceptors (Lipinski definition) is 5. The minimum Gasteiger partial charge on any atom is -0.444 e. The van der Waals surface area contributed by atoms with Crippen molar-refractivity contribution in [2.75, 3.05) is 32.7 Å². The van der Waals surface area contributed by atoms with Crippen LogP contribution >= 0.6 is 0 Å². The predicted octanol–water partition coefficient (Wildman–Crippen LogP) is -0.0122. The van der Waals surface area contributed by atoms with E-state index >= 15 is 0 Å². The van der Waals surface area contributed by atoms with Crippen LogP contribution < -0.4 is 11.5 Å². The smallest absolute Gasteiger partial charge is 0.410 e. The highest BCUT2D eigenvalue weighted by atomic mass is 16.6. The third kappa shape index (κ3) is 5.51. The minimum absolute atomic E-state index is 0.0214. The van der Waals surface area contributed by atoms with Gasteiger partial charge in [0.25, 0.3) is 0 Å². The highest BCUT2D eigenvalue weighted by Crippen LogP contribution is 2.15. The number of carbonyl (C=O) groups is 2. The standard InChI is InChI=1S/C14H28N4O3/c1-10(12(16)19)8-17-5-6-18(9-11(17)7-15)13(20)21-14(2,3)4/h10-11H,5-9,15H2,1-4H3,(H2,16,19). The molecule has 2 amide bonds. The van der Waals surface area contributed by atoms with Crippen LogP contribution in [0, 0.1) is 5.92 Å². The largest absolute Gasteiger partial charge is 0.444 e. The first-order valence-electron chi connectivity index (χ1n) is 7.35. The van der Waals surface area contributed by atoms with Gasteiger partial charge in [-0.3, -0.25) is 9.69 Å². The van der Waals surface area contributed by atoms with Crippen molar-refractivity contribution in [3.63, 3.8) is 0 Å². The van der Waals surface area contributed by atoms with E-state index in [-0.39, 0.29) is 24.0 Å². The number of piperazine rings is 1. The Hall–Kier alpha value is -1.34. The number of nitrogens with two attached hydrogens (primary N) is 2. The van der Waals surface area contributed by atoms with Crippen molar-refractivity contribution in [2.45, 2.75) is 39.3 Å². The van der Waals surface area contributed by atoms with Gasteiger partial charge in [0.2, 0.25) is 5.91 Å². The Morgan fingerprint density at radius 1 is 1.33 bits per heavy atom. The zero-order valence-electron chi connectivity index (χ0n) is 13.5. The number of ether oxygens (including phenoxy) is 1. The van der Waals surface area contributed by atoms with Crippen LogP contribution in [0.3, 0.4) is 0 Å². The highest BCUT2D eigenvalue weighted by molar-refractivity contribution is 5.76. The Morgan fingerprint density at radius 3 is 2.43 bits per heavy atom. The lowest BCUT2D eigenvalue weighted by Crippen LogP contribution is -2.59. The lowest BCUT2D eigenvalue weighted by Gasteiger charge is -2.41. The van der Waals surface area contributed by atoms with Gasteiger partial charge in [-0.05, 0) is 20.8 Å². The summed E-state index contributed by atoms with van der Waals surface area (Å²) in [5.41, 5.74) is 10.6. The van der Waals surface area contributed by atoms with E-state index in [4.69, 9.17) is 16.2 Å². The van der Waals surface area contributed by atoms with Crippen LogP contribution in [0.25, 0.3) is 0 Å². The molecule has 1 fully saturated rings.